The number of nitrogens with zero attached hydrogens (tertiary/aromatic N) is 3. The first kappa shape index (κ1) is 35.3. The first-order chi connectivity index (χ1) is 22.8. The molecule has 2 aromatic heterocycles. The van der Waals surface area contributed by atoms with Gasteiger partial charge in [-0.1, -0.05) is 33.8 Å². The van der Waals surface area contributed by atoms with Crippen molar-refractivity contribution in [2.24, 2.45) is 11.8 Å². The zero-order valence-electron chi connectivity index (χ0n) is 27.7. The minimum Gasteiger partial charge on any atom is -0.406 e. The molecule has 48 heavy (non-hydrogen) atoms. The number of hydrogen-bond donors (Lipinski definition) is 1. The molecule has 0 radical (unpaired) electrons. The minimum atomic E-state index is -4.98. The van der Waals surface area contributed by atoms with E-state index in [1.165, 1.54) is 0 Å². The second-order valence-corrected chi connectivity index (χ2v) is 12.5. The third kappa shape index (κ3) is 8.36. The molecule has 0 atom stereocenters. The van der Waals surface area contributed by atoms with Gasteiger partial charge in [-0.05, 0) is 97.9 Å². The van der Waals surface area contributed by atoms with Crippen LogP contribution in [-0.4, -0.2) is 23.1 Å². The summed E-state index contributed by atoms with van der Waals surface area (Å²) in [7, 11) is 0. The van der Waals surface area contributed by atoms with Crippen LogP contribution in [0.15, 0.2) is 51.7 Å². The molecule has 6 rings (SSSR count). The van der Waals surface area contributed by atoms with Crippen molar-refractivity contribution in [2.75, 3.05) is 22.9 Å². The highest BCUT2D eigenvalue weighted by atomic mass is 19.4. The van der Waals surface area contributed by atoms with E-state index in [1.807, 2.05) is 27.7 Å². The van der Waals surface area contributed by atoms with Gasteiger partial charge in [0.2, 0.25) is 0 Å². The Labute approximate surface area is 276 Å². The Bertz CT molecular complexity index is 1720. The Morgan fingerprint density at radius 3 is 1.94 bits per heavy atom. The number of nitrogens with one attached hydrogen (secondary N) is 1. The van der Waals surface area contributed by atoms with Gasteiger partial charge in [-0.15, -0.1) is 0 Å². The molecule has 6 nitrogen and oxygen atoms in total. The van der Waals surface area contributed by atoms with E-state index in [9.17, 15) is 31.1 Å². The number of aryl methyl sites for hydroxylation is 2. The SMILES string of the molecule is CC.CCc1cc(CN(Cc2cc(C(F)(F)F)cc(C(F)(F)F)c2)c2cccc3[nH]c(=O)oc23)c(N(CC2CC2)CC2CC2)nc1CC. The van der Waals surface area contributed by atoms with Gasteiger partial charge in [0.05, 0.1) is 22.3 Å². The number of anilines is 2. The molecule has 2 fully saturated rings. The Kier molecular flexibility index (Phi) is 10.5. The molecule has 0 aliphatic heterocycles. The zero-order chi connectivity index (χ0) is 34.8. The summed E-state index contributed by atoms with van der Waals surface area (Å²) in [6.07, 6.45) is -3.97. The van der Waals surface area contributed by atoms with Crippen LogP contribution in [0.4, 0.5) is 37.8 Å². The smallest absolute Gasteiger partial charge is 0.406 e. The number of hydrogen-bond acceptors (Lipinski definition) is 5. The van der Waals surface area contributed by atoms with Crippen molar-refractivity contribution in [3.63, 3.8) is 0 Å². The van der Waals surface area contributed by atoms with E-state index < -0.39 is 29.2 Å². The number of para-hydroxylation sites is 1. The lowest BCUT2D eigenvalue weighted by Gasteiger charge is -2.31. The molecule has 0 unspecified atom stereocenters. The number of H-pyrrole nitrogens is 1. The zero-order valence-corrected chi connectivity index (χ0v) is 27.7. The molecule has 12 heteroatoms. The van der Waals surface area contributed by atoms with Crippen LogP contribution in [0, 0.1) is 11.8 Å². The summed E-state index contributed by atoms with van der Waals surface area (Å²) in [6.45, 7) is 9.55. The van der Waals surface area contributed by atoms with Gasteiger partial charge in [-0.3, -0.25) is 4.98 Å². The fourth-order valence-corrected chi connectivity index (χ4v) is 6.07. The highest BCUT2D eigenvalue weighted by Gasteiger charge is 2.37. The molecule has 260 valence electrons. The van der Waals surface area contributed by atoms with Crippen molar-refractivity contribution < 1.29 is 30.8 Å². The van der Waals surface area contributed by atoms with E-state index >= 15 is 0 Å². The number of rotatable bonds is 12. The average molecular weight is 677 g/mol. The Hall–Kier alpha value is -3.96. The molecule has 0 spiro atoms. The monoisotopic (exact) mass is 676 g/mol. The lowest BCUT2D eigenvalue weighted by molar-refractivity contribution is -0.143. The van der Waals surface area contributed by atoms with Gasteiger partial charge in [0.1, 0.15) is 5.82 Å². The lowest BCUT2D eigenvalue weighted by Crippen LogP contribution is -2.32. The van der Waals surface area contributed by atoms with Gasteiger partial charge in [-0.2, -0.15) is 26.3 Å². The number of pyridine rings is 1. The second-order valence-electron chi connectivity index (χ2n) is 12.5. The highest BCUT2D eigenvalue weighted by Crippen LogP contribution is 2.40. The number of halogens is 6. The van der Waals surface area contributed by atoms with Gasteiger partial charge in [0.15, 0.2) is 5.58 Å². The van der Waals surface area contributed by atoms with E-state index in [-0.39, 0.29) is 30.3 Å². The van der Waals surface area contributed by atoms with Crippen LogP contribution in [0.5, 0.6) is 0 Å². The number of oxazole rings is 1. The Morgan fingerprint density at radius 2 is 1.42 bits per heavy atom. The lowest BCUT2D eigenvalue weighted by atomic mass is 10.0. The van der Waals surface area contributed by atoms with Crippen LogP contribution < -0.4 is 15.6 Å². The van der Waals surface area contributed by atoms with E-state index in [4.69, 9.17) is 9.40 Å². The summed E-state index contributed by atoms with van der Waals surface area (Å²) in [5.41, 5.74) is 0.761. The summed E-state index contributed by atoms with van der Waals surface area (Å²) in [6, 6.07) is 8.63. The van der Waals surface area contributed by atoms with Crippen LogP contribution in [-0.2, 0) is 38.3 Å². The maximum absolute atomic E-state index is 13.8. The van der Waals surface area contributed by atoms with Crippen molar-refractivity contribution in [3.05, 3.63) is 86.5 Å². The van der Waals surface area contributed by atoms with Crippen molar-refractivity contribution >= 4 is 22.6 Å². The van der Waals surface area contributed by atoms with E-state index in [0.717, 1.165) is 80.0 Å². The first-order valence-corrected chi connectivity index (χ1v) is 16.7. The Morgan fingerprint density at radius 1 is 0.812 bits per heavy atom. The Balaban J connectivity index is 0.00000221. The number of benzene rings is 2. The fraction of sp³-hybridized carbons (Fsp3) is 0.500. The van der Waals surface area contributed by atoms with E-state index in [2.05, 4.69) is 16.0 Å². The number of fused-ring (bicyclic) bond motifs is 1. The predicted octanol–water partition coefficient (Wildman–Crippen LogP) is 9.54. The van der Waals surface area contributed by atoms with Crippen molar-refractivity contribution in [1.82, 2.24) is 9.97 Å². The van der Waals surface area contributed by atoms with Gasteiger partial charge in [0.25, 0.3) is 0 Å². The van der Waals surface area contributed by atoms with Crippen molar-refractivity contribution in [2.45, 2.75) is 91.7 Å². The highest BCUT2D eigenvalue weighted by molar-refractivity contribution is 5.86. The second kappa shape index (κ2) is 14.3. The molecule has 0 saturated heterocycles. The van der Waals surface area contributed by atoms with Crippen molar-refractivity contribution in [1.29, 1.82) is 0 Å². The molecule has 0 bridgehead atoms. The van der Waals surface area contributed by atoms with Gasteiger partial charge >= 0.3 is 18.1 Å². The van der Waals surface area contributed by atoms with Crippen LogP contribution in [0.1, 0.15) is 86.9 Å². The molecular weight excluding hydrogens is 634 g/mol. The number of aromatic nitrogens is 2. The predicted molar refractivity (Wildman–Crippen MR) is 175 cm³/mol. The summed E-state index contributed by atoms with van der Waals surface area (Å²) in [5, 5.41) is 0. The summed E-state index contributed by atoms with van der Waals surface area (Å²) >= 11 is 0. The molecule has 0 amide bonds. The van der Waals surface area contributed by atoms with Crippen molar-refractivity contribution in [3.8, 4) is 0 Å². The van der Waals surface area contributed by atoms with Crippen LogP contribution >= 0.6 is 0 Å². The maximum atomic E-state index is 13.8. The van der Waals surface area contributed by atoms with Crippen LogP contribution in [0.2, 0.25) is 0 Å². The van der Waals surface area contributed by atoms with E-state index in [1.54, 1.807) is 23.1 Å². The topological polar surface area (TPSA) is 65.4 Å². The van der Waals surface area contributed by atoms with Gasteiger partial charge in [0, 0.05) is 37.4 Å². The van der Waals surface area contributed by atoms with Crippen LogP contribution in [0.3, 0.4) is 0 Å². The quantitative estimate of drug-likeness (QED) is 0.152. The fourth-order valence-electron chi connectivity index (χ4n) is 6.07. The standard InChI is InChI=1S/C34H36F6N4O2.C2H6/c1-3-23-14-24(31(41-27(23)4-2)44(16-20-8-9-20)17-21-10-11-21)19-43(29-7-5-6-28-30(29)46-32(45)42-28)18-22-12-25(33(35,36)37)15-26(13-22)34(38,39)40;1-2/h5-7,12-15,20-21H,3-4,8-11,16-19H2,1-2H3,(H,42,45);1-2H3. The molecule has 2 saturated carbocycles. The molecule has 2 aliphatic rings. The normalized spacial score (nSPS) is 15.0. The third-order valence-electron chi connectivity index (χ3n) is 8.76. The summed E-state index contributed by atoms with van der Waals surface area (Å²) in [4.78, 5) is 23.9. The number of aromatic amines is 1. The molecule has 2 aliphatic carbocycles. The summed E-state index contributed by atoms with van der Waals surface area (Å²) in [5.74, 6) is 1.20. The summed E-state index contributed by atoms with van der Waals surface area (Å²) < 4.78 is 88.4. The van der Waals surface area contributed by atoms with Gasteiger partial charge in [-0.25, -0.2) is 9.78 Å². The largest absolute Gasteiger partial charge is 0.417 e. The molecule has 2 heterocycles. The minimum absolute atomic E-state index is 0.108. The number of alkyl halides is 6. The molecule has 2 aromatic carbocycles. The van der Waals surface area contributed by atoms with Crippen LogP contribution in [0.25, 0.3) is 11.1 Å². The molecule has 4 aromatic rings. The third-order valence-corrected chi connectivity index (χ3v) is 8.76. The average Bonchev–Trinajstić information content (AvgIpc) is 3.99. The van der Waals surface area contributed by atoms with Gasteiger partial charge < -0.3 is 14.2 Å². The molecular formula is C36H42F6N4O2. The van der Waals surface area contributed by atoms with E-state index in [0.29, 0.717) is 29.5 Å². The molecule has 1 N–H and O–H groups in total. The first-order valence-electron chi connectivity index (χ1n) is 16.7. The maximum Gasteiger partial charge on any atom is 0.417 e.